The predicted octanol–water partition coefficient (Wildman–Crippen LogP) is 5.27. The summed E-state index contributed by atoms with van der Waals surface area (Å²) in [5.74, 6) is -1.97. The van der Waals surface area contributed by atoms with Crippen molar-refractivity contribution in [3.05, 3.63) is 100 Å². The molecule has 0 bridgehead atoms. The summed E-state index contributed by atoms with van der Waals surface area (Å²) in [6, 6.07) is 16.0. The Bertz CT molecular complexity index is 2340. The number of likely N-dealkylation sites (tertiary alicyclic amines) is 1. The Morgan fingerprint density at radius 3 is 2.27 bits per heavy atom. The van der Waals surface area contributed by atoms with E-state index >= 15 is 4.39 Å². The minimum absolute atomic E-state index is 0.00832. The Balaban J connectivity index is 0.946. The van der Waals surface area contributed by atoms with Crippen molar-refractivity contribution < 1.29 is 32.0 Å². The second kappa shape index (κ2) is 15.2. The van der Waals surface area contributed by atoms with Crippen molar-refractivity contribution in [1.82, 2.24) is 29.8 Å². The van der Waals surface area contributed by atoms with Gasteiger partial charge in [0.05, 0.1) is 16.0 Å². The number of imide groups is 2. The molecule has 56 heavy (non-hydrogen) atoms. The molecule has 1 atom stereocenters. The highest BCUT2D eigenvalue weighted by molar-refractivity contribution is 7.89. The zero-order valence-corrected chi connectivity index (χ0v) is 32.3. The van der Waals surface area contributed by atoms with Crippen LogP contribution < -0.4 is 20.7 Å². The van der Waals surface area contributed by atoms with Gasteiger partial charge in [-0.25, -0.2) is 22.5 Å². The van der Waals surface area contributed by atoms with Crippen LogP contribution in [0, 0.1) is 12.7 Å². The molecule has 0 aliphatic carbocycles. The van der Waals surface area contributed by atoms with Crippen LogP contribution in [0.1, 0.15) is 89.8 Å². The van der Waals surface area contributed by atoms with Crippen LogP contribution in [0.25, 0.3) is 0 Å². The summed E-state index contributed by atoms with van der Waals surface area (Å²) in [4.78, 5) is 62.5. The summed E-state index contributed by atoms with van der Waals surface area (Å²) < 4.78 is 43.7. The normalized spacial score (nSPS) is 18.2. The van der Waals surface area contributed by atoms with Crippen LogP contribution in [-0.2, 0) is 26.2 Å². The molecule has 3 aromatic carbocycles. The third-order valence-electron chi connectivity index (χ3n) is 10.0. The molecular weight excluding hydrogens is 740 g/mol. The van der Waals surface area contributed by atoms with Gasteiger partial charge in [-0.1, -0.05) is 18.2 Å². The van der Waals surface area contributed by atoms with E-state index in [1.165, 1.54) is 11.6 Å². The lowest BCUT2D eigenvalue weighted by molar-refractivity contribution is -0.136. The molecule has 4 aromatic rings. The van der Waals surface area contributed by atoms with Crippen LogP contribution >= 0.6 is 0 Å². The first-order chi connectivity index (χ1) is 26.5. The second-order valence-electron chi connectivity index (χ2n) is 15.5. The lowest BCUT2D eigenvalue weighted by atomic mass is 9.89. The number of hydrogen-bond acceptors (Lipinski definition) is 11. The van der Waals surface area contributed by atoms with Crippen LogP contribution in [-0.4, -0.2) is 76.5 Å². The van der Waals surface area contributed by atoms with Gasteiger partial charge in [-0.05, 0) is 114 Å². The number of aromatic nitrogens is 2. The van der Waals surface area contributed by atoms with Crippen molar-refractivity contribution in [3.63, 3.8) is 0 Å². The minimum atomic E-state index is -3.72. The van der Waals surface area contributed by atoms with Gasteiger partial charge in [0.2, 0.25) is 27.8 Å². The summed E-state index contributed by atoms with van der Waals surface area (Å²) in [5, 5.41) is 8.63. The Morgan fingerprint density at radius 2 is 1.59 bits per heavy atom. The largest absolute Gasteiger partial charge is 0.340 e. The number of benzene rings is 3. The number of anilines is 4. The highest BCUT2D eigenvalue weighted by Gasteiger charge is 2.45. The smallest absolute Gasteiger partial charge is 0.262 e. The molecule has 3 aliphatic heterocycles. The average molecular weight is 783 g/mol. The van der Waals surface area contributed by atoms with Crippen molar-refractivity contribution in [1.29, 1.82) is 0 Å². The number of carbonyl (C=O) groups excluding carboxylic acids is 4. The van der Waals surface area contributed by atoms with E-state index in [2.05, 4.69) is 47.7 Å². The summed E-state index contributed by atoms with van der Waals surface area (Å²) in [6.07, 6.45) is 3.40. The molecule has 0 radical (unpaired) electrons. The first-order valence-corrected chi connectivity index (χ1v) is 19.9. The maximum Gasteiger partial charge on any atom is 0.262 e. The van der Waals surface area contributed by atoms with E-state index in [9.17, 15) is 27.6 Å². The summed E-state index contributed by atoms with van der Waals surface area (Å²) >= 11 is 0. The molecule has 16 heteroatoms. The maximum atomic E-state index is 15.3. The molecule has 2 saturated heterocycles. The van der Waals surface area contributed by atoms with E-state index in [1.54, 1.807) is 51.2 Å². The standard InChI is InChI=1S/C40H43FN8O6S/c1-23-21-42-39(46-35(23)43-28-6-5-7-29(19-28)56(54,55)47-40(2,3)4)44-27-10-8-24(9-11-27)25-14-16-48(17-15-25)22-26-18-30-31(20-32(26)41)38(53)49(37(30)52)33-12-13-34(50)45-36(33)51/h5-11,18-21,25,33,47H,12-17,22H2,1-4H3,(H,45,50,51)(H2,42,43,44,46). The van der Waals surface area contributed by atoms with Crippen molar-refractivity contribution in [2.75, 3.05) is 23.7 Å². The monoisotopic (exact) mass is 782 g/mol. The van der Waals surface area contributed by atoms with Crippen molar-refractivity contribution in [3.8, 4) is 0 Å². The van der Waals surface area contributed by atoms with Gasteiger partial charge in [-0.2, -0.15) is 4.98 Å². The third-order valence-corrected chi connectivity index (χ3v) is 11.8. The van der Waals surface area contributed by atoms with Crippen LogP contribution in [0.4, 0.5) is 27.5 Å². The second-order valence-corrected chi connectivity index (χ2v) is 17.1. The Kier molecular flexibility index (Phi) is 10.5. The fourth-order valence-corrected chi connectivity index (χ4v) is 8.72. The number of nitrogens with zero attached hydrogens (tertiary/aromatic N) is 4. The van der Waals surface area contributed by atoms with E-state index in [4.69, 9.17) is 0 Å². The number of rotatable bonds is 10. The number of sulfonamides is 1. The SMILES string of the molecule is Cc1cnc(Nc2ccc(C3CCN(Cc4cc5c(cc4F)C(=O)N(C4CCC(=O)NC4=O)C5=O)CC3)cc2)nc1Nc1cccc(S(=O)(=O)NC(C)(C)C)c1. The van der Waals surface area contributed by atoms with Gasteiger partial charge in [-0.3, -0.25) is 34.3 Å². The molecule has 0 saturated carbocycles. The van der Waals surface area contributed by atoms with Crippen molar-refractivity contribution >= 4 is 56.8 Å². The number of amides is 4. The number of piperidine rings is 2. The van der Waals surface area contributed by atoms with Gasteiger partial charge in [0.15, 0.2) is 0 Å². The number of carbonyl (C=O) groups is 4. The van der Waals surface area contributed by atoms with E-state index in [0.717, 1.165) is 35.1 Å². The van der Waals surface area contributed by atoms with Crippen LogP contribution in [0.15, 0.2) is 71.8 Å². The Hall–Kier alpha value is -5.58. The fourth-order valence-electron chi connectivity index (χ4n) is 7.26. The third kappa shape index (κ3) is 8.32. The van der Waals surface area contributed by atoms with Crippen LogP contribution in [0.3, 0.4) is 0 Å². The van der Waals surface area contributed by atoms with Gasteiger partial charge in [0.1, 0.15) is 17.7 Å². The van der Waals surface area contributed by atoms with Crippen LogP contribution in [0.2, 0.25) is 0 Å². The summed E-state index contributed by atoms with van der Waals surface area (Å²) in [7, 11) is -3.72. The first-order valence-electron chi connectivity index (χ1n) is 18.4. The van der Waals surface area contributed by atoms with Gasteiger partial charge < -0.3 is 10.6 Å². The summed E-state index contributed by atoms with van der Waals surface area (Å²) in [5.41, 5.74) is 2.96. The van der Waals surface area contributed by atoms with Gasteiger partial charge >= 0.3 is 0 Å². The number of hydrogen-bond donors (Lipinski definition) is 4. The number of fused-ring (bicyclic) bond motifs is 1. The molecule has 292 valence electrons. The highest BCUT2D eigenvalue weighted by Crippen LogP contribution is 2.33. The molecule has 0 spiro atoms. The van der Waals surface area contributed by atoms with Gasteiger partial charge in [-0.15, -0.1) is 0 Å². The molecule has 3 aliphatic rings. The van der Waals surface area contributed by atoms with E-state index in [1.807, 2.05) is 19.1 Å². The Labute approximate surface area is 324 Å². The lowest BCUT2D eigenvalue weighted by Crippen LogP contribution is -2.54. The fraction of sp³-hybridized carbons (Fsp3) is 0.350. The van der Waals surface area contributed by atoms with Crippen molar-refractivity contribution in [2.24, 2.45) is 0 Å². The molecule has 4 heterocycles. The van der Waals surface area contributed by atoms with E-state index < -0.39 is 51.0 Å². The topological polar surface area (TPSA) is 183 Å². The molecule has 7 rings (SSSR count). The molecular formula is C40H43FN8O6S. The molecule has 14 nitrogen and oxygen atoms in total. The molecule has 1 unspecified atom stereocenters. The molecule has 1 aromatic heterocycles. The van der Waals surface area contributed by atoms with E-state index in [-0.39, 0.29) is 41.3 Å². The zero-order valence-electron chi connectivity index (χ0n) is 31.5. The number of nitrogens with one attached hydrogen (secondary N) is 4. The van der Waals surface area contributed by atoms with Gasteiger partial charge in [0.25, 0.3) is 11.8 Å². The number of halogens is 1. The predicted molar refractivity (Wildman–Crippen MR) is 207 cm³/mol. The molecule has 4 amide bonds. The number of aryl methyl sites for hydroxylation is 1. The lowest BCUT2D eigenvalue weighted by Gasteiger charge is -2.32. The maximum absolute atomic E-state index is 15.3. The van der Waals surface area contributed by atoms with E-state index in [0.29, 0.717) is 36.1 Å². The van der Waals surface area contributed by atoms with Crippen molar-refractivity contribution in [2.45, 2.75) is 82.3 Å². The zero-order chi connectivity index (χ0) is 39.9. The first kappa shape index (κ1) is 38.7. The average Bonchev–Trinajstić information content (AvgIpc) is 3.37. The van der Waals surface area contributed by atoms with Gasteiger partial charge in [0, 0.05) is 47.2 Å². The minimum Gasteiger partial charge on any atom is -0.340 e. The quantitative estimate of drug-likeness (QED) is 0.154. The molecule has 2 fully saturated rings. The molecule has 4 N–H and O–H groups in total. The Morgan fingerprint density at radius 1 is 0.893 bits per heavy atom. The summed E-state index contributed by atoms with van der Waals surface area (Å²) in [6.45, 7) is 8.88. The highest BCUT2D eigenvalue weighted by atomic mass is 32.2. The van der Waals surface area contributed by atoms with Crippen LogP contribution in [0.5, 0.6) is 0 Å².